The van der Waals surface area contributed by atoms with Gasteiger partial charge in [0.25, 0.3) is 0 Å². The number of rotatable bonds is 17. The molecule has 9 N–H and O–H groups in total. The summed E-state index contributed by atoms with van der Waals surface area (Å²) < 4.78 is 21.4. The summed E-state index contributed by atoms with van der Waals surface area (Å²) in [6.07, 6.45) is -6.77. The molecule has 0 saturated carbocycles. The lowest BCUT2D eigenvalue weighted by Crippen LogP contribution is -2.66. The van der Waals surface area contributed by atoms with Gasteiger partial charge >= 0.3 is 11.9 Å². The minimum absolute atomic E-state index is 0.129. The molecule has 44 heavy (non-hydrogen) atoms. The first-order valence-corrected chi connectivity index (χ1v) is 14.7. The molecule has 1 rings (SSSR count). The third-order valence-corrected chi connectivity index (χ3v) is 7.16. The monoisotopic (exact) mass is 633 g/mol. The number of esters is 2. The van der Waals surface area contributed by atoms with E-state index in [9.17, 15) is 34.2 Å². The highest BCUT2D eigenvalue weighted by atomic mass is 16.6. The first-order chi connectivity index (χ1) is 20.4. The first-order valence-electron chi connectivity index (χ1n) is 14.7. The molecule has 0 radical (unpaired) electrons. The van der Waals surface area contributed by atoms with Crippen molar-refractivity contribution in [3.63, 3.8) is 0 Å². The summed E-state index contributed by atoms with van der Waals surface area (Å²) in [5.74, 6) is -3.60. The second kappa shape index (κ2) is 18.2. The Kier molecular flexibility index (Phi) is 16.2. The van der Waals surface area contributed by atoms with E-state index in [0.717, 1.165) is 4.90 Å². The maximum Gasteiger partial charge on any atom is 0.323 e. The predicted molar refractivity (Wildman–Crippen MR) is 156 cm³/mol. The Bertz CT molecular complexity index is 982. The van der Waals surface area contributed by atoms with Crippen LogP contribution in [0.4, 0.5) is 0 Å². The number of nitrogens with one attached hydrogen (secondary N) is 1. The van der Waals surface area contributed by atoms with Crippen molar-refractivity contribution in [2.24, 2.45) is 29.0 Å². The summed E-state index contributed by atoms with van der Waals surface area (Å²) in [5.41, 5.74) is 17.6. The lowest BCUT2D eigenvalue weighted by Gasteiger charge is -2.44. The molecule has 1 aliphatic rings. The van der Waals surface area contributed by atoms with E-state index < -0.39 is 91.1 Å². The number of amides is 3. The Hall–Kier alpha value is -2.89. The lowest BCUT2D eigenvalue weighted by atomic mass is 9.96. The molecule has 0 aromatic heterocycles. The van der Waals surface area contributed by atoms with E-state index in [2.05, 4.69) is 10.1 Å². The van der Waals surface area contributed by atoms with E-state index in [1.54, 1.807) is 13.8 Å². The molecule has 0 bridgehead atoms. The summed E-state index contributed by atoms with van der Waals surface area (Å²) >= 11 is 0. The van der Waals surface area contributed by atoms with Gasteiger partial charge in [0.1, 0.15) is 43.0 Å². The average molecular weight is 634 g/mol. The summed E-state index contributed by atoms with van der Waals surface area (Å²) in [5, 5.41) is 24.4. The molecular formula is C28H51N5O11. The van der Waals surface area contributed by atoms with E-state index in [-0.39, 0.29) is 31.2 Å². The Morgan fingerprint density at radius 1 is 1.05 bits per heavy atom. The maximum absolute atomic E-state index is 13.4. The van der Waals surface area contributed by atoms with Crippen LogP contribution in [-0.2, 0) is 42.9 Å². The summed E-state index contributed by atoms with van der Waals surface area (Å²) in [6.45, 7) is 9.18. The van der Waals surface area contributed by atoms with Crippen LogP contribution in [0.2, 0.25) is 0 Å². The Balaban J connectivity index is 3.25. The molecule has 0 aromatic rings. The first kappa shape index (κ1) is 39.1. The van der Waals surface area contributed by atoms with E-state index in [0.29, 0.717) is 6.42 Å². The van der Waals surface area contributed by atoms with Gasteiger partial charge < -0.3 is 56.6 Å². The average Bonchev–Trinajstić information content (AvgIpc) is 2.93. The van der Waals surface area contributed by atoms with Crippen molar-refractivity contribution in [3.8, 4) is 0 Å². The molecule has 1 saturated heterocycles. The molecule has 0 spiro atoms. The van der Waals surface area contributed by atoms with E-state index >= 15 is 0 Å². The molecule has 16 heteroatoms. The van der Waals surface area contributed by atoms with Crippen LogP contribution in [0.15, 0.2) is 0 Å². The quantitative estimate of drug-likeness (QED) is 0.0938. The number of primary amides is 1. The molecule has 0 aromatic carbocycles. The highest BCUT2D eigenvalue weighted by Crippen LogP contribution is 2.25. The normalized spacial score (nSPS) is 24.6. The van der Waals surface area contributed by atoms with E-state index in [1.807, 2.05) is 13.8 Å². The molecule has 1 aliphatic heterocycles. The number of ether oxygens (including phenoxy) is 4. The van der Waals surface area contributed by atoms with Crippen LogP contribution < -0.4 is 22.5 Å². The minimum atomic E-state index is -1.68. The standard InChI is InChI=1S/C28H51N5O11/c1-13(2)10-17(29)27(39)42-12-19-23(36)24(22(28(40)44-19)32-16(6)34)43-15(5)11-33(26(38)21(30)14(3)4)18(25(31)37)8-9-20(35)41-7/h13-15,17-19,21-24,28,36,40H,8-12,29-30H2,1-7H3,(H2,31,37)(H,32,34)/t15?,17-,18+,19+,21-,22+,23+,24+,28-/m0/s1. The van der Waals surface area contributed by atoms with Crippen molar-refractivity contribution in [1.29, 1.82) is 0 Å². The molecule has 9 atom stereocenters. The molecular weight excluding hydrogens is 582 g/mol. The van der Waals surface area contributed by atoms with Gasteiger partial charge in [-0.25, -0.2) is 0 Å². The van der Waals surface area contributed by atoms with Gasteiger partial charge in [0.15, 0.2) is 6.29 Å². The maximum atomic E-state index is 13.4. The van der Waals surface area contributed by atoms with Crippen LogP contribution >= 0.6 is 0 Å². The van der Waals surface area contributed by atoms with Gasteiger partial charge in [-0.3, -0.25) is 24.0 Å². The fourth-order valence-corrected chi connectivity index (χ4v) is 4.74. The predicted octanol–water partition coefficient (Wildman–Crippen LogP) is -2.12. The van der Waals surface area contributed by atoms with Gasteiger partial charge in [0.05, 0.1) is 19.3 Å². The molecule has 1 heterocycles. The van der Waals surface area contributed by atoms with Gasteiger partial charge in [0.2, 0.25) is 17.7 Å². The van der Waals surface area contributed by atoms with Crippen molar-refractivity contribution >= 4 is 29.7 Å². The number of methoxy groups -OCH3 is 1. The lowest BCUT2D eigenvalue weighted by molar-refractivity contribution is -0.269. The van der Waals surface area contributed by atoms with Gasteiger partial charge in [-0.05, 0) is 31.6 Å². The van der Waals surface area contributed by atoms with Gasteiger partial charge in [-0.15, -0.1) is 0 Å². The number of nitrogens with two attached hydrogens (primary N) is 3. The molecule has 1 fully saturated rings. The third kappa shape index (κ3) is 11.9. The smallest absolute Gasteiger partial charge is 0.323 e. The zero-order chi connectivity index (χ0) is 33.9. The fraction of sp³-hybridized carbons (Fsp3) is 0.821. The zero-order valence-electron chi connectivity index (χ0n) is 26.6. The Labute approximate surface area is 258 Å². The fourth-order valence-electron chi connectivity index (χ4n) is 4.74. The van der Waals surface area contributed by atoms with Gasteiger partial charge in [0, 0.05) is 19.9 Å². The summed E-state index contributed by atoms with van der Waals surface area (Å²) in [4.78, 5) is 63.1. The van der Waals surface area contributed by atoms with Crippen molar-refractivity contribution in [2.75, 3.05) is 20.3 Å². The van der Waals surface area contributed by atoms with E-state index in [1.165, 1.54) is 21.0 Å². The second-order valence-corrected chi connectivity index (χ2v) is 11.9. The van der Waals surface area contributed by atoms with Gasteiger partial charge in [-0.1, -0.05) is 27.7 Å². The Morgan fingerprint density at radius 2 is 1.66 bits per heavy atom. The number of nitrogens with zero attached hydrogens (tertiary/aromatic N) is 1. The molecule has 16 nitrogen and oxygen atoms in total. The highest BCUT2D eigenvalue weighted by Gasteiger charge is 2.47. The molecule has 3 amide bonds. The van der Waals surface area contributed by atoms with Crippen molar-refractivity contribution in [2.45, 2.75) is 116 Å². The number of aliphatic hydroxyl groups excluding tert-OH is 2. The topological polar surface area (TPSA) is 256 Å². The van der Waals surface area contributed by atoms with Crippen molar-refractivity contribution < 1.29 is 53.1 Å². The minimum Gasteiger partial charge on any atom is -0.469 e. The van der Waals surface area contributed by atoms with Crippen LogP contribution in [0.5, 0.6) is 0 Å². The SMILES string of the molecule is COC(=O)CC[C@H](C(N)=O)N(CC(C)O[C@H]1[C@H](O)[C@@H](COC(=O)[C@@H](N)CC(C)C)O[C@H](O)[C@@H]1NC(C)=O)C(=O)[C@@H](N)C(C)C. The number of hydrogen-bond donors (Lipinski definition) is 6. The molecule has 0 aliphatic carbocycles. The van der Waals surface area contributed by atoms with Crippen molar-refractivity contribution in [1.82, 2.24) is 10.2 Å². The van der Waals surface area contributed by atoms with E-state index in [4.69, 9.17) is 31.4 Å². The second-order valence-electron chi connectivity index (χ2n) is 11.9. The van der Waals surface area contributed by atoms with Crippen LogP contribution in [0.1, 0.15) is 60.8 Å². The van der Waals surface area contributed by atoms with Crippen LogP contribution in [-0.4, -0.2) is 120 Å². The van der Waals surface area contributed by atoms with Crippen molar-refractivity contribution in [3.05, 3.63) is 0 Å². The third-order valence-electron chi connectivity index (χ3n) is 7.16. The molecule has 254 valence electrons. The highest BCUT2D eigenvalue weighted by molar-refractivity contribution is 5.89. The Morgan fingerprint density at radius 3 is 2.16 bits per heavy atom. The number of hydrogen-bond acceptors (Lipinski definition) is 13. The molecule has 1 unspecified atom stereocenters. The number of carbonyl (C=O) groups is 5. The van der Waals surface area contributed by atoms with Crippen LogP contribution in [0.3, 0.4) is 0 Å². The largest absolute Gasteiger partial charge is 0.469 e. The van der Waals surface area contributed by atoms with Crippen LogP contribution in [0, 0.1) is 11.8 Å². The number of aliphatic hydroxyl groups is 2. The summed E-state index contributed by atoms with van der Waals surface area (Å²) in [7, 11) is 1.18. The van der Waals surface area contributed by atoms with Crippen LogP contribution in [0.25, 0.3) is 0 Å². The zero-order valence-corrected chi connectivity index (χ0v) is 26.6. The summed E-state index contributed by atoms with van der Waals surface area (Å²) in [6, 6.07) is -4.45. The van der Waals surface area contributed by atoms with Gasteiger partial charge in [-0.2, -0.15) is 0 Å². The number of carbonyl (C=O) groups excluding carboxylic acids is 5.